The molecule has 3 unspecified atom stereocenters. The molecule has 37 heavy (non-hydrogen) atoms. The van der Waals surface area contributed by atoms with Crippen LogP contribution in [-0.2, 0) is 33.1 Å². The summed E-state index contributed by atoms with van der Waals surface area (Å²) in [5.74, 6) is -1.09. The molecule has 0 saturated heterocycles. The summed E-state index contributed by atoms with van der Waals surface area (Å²) < 4.78 is 86.6. The SMILES string of the molecule is CC1=C(C)C(O/C=C2/C(=O)CC3Cc4ccccc4C23)N(c2cc(C(F)(F)F)cc(C(F)(F)F)c2)C1=O. The lowest BCUT2D eigenvalue weighted by atomic mass is 9.93. The Labute approximate surface area is 208 Å². The standard InChI is InChI=1S/C27H21F6NO3/c1-13-14(2)25(37-12-21-22(35)8-16-7-15-5-3-4-6-20(15)23(16)21)34(24(13)36)19-10-17(26(28,29)30)9-18(11-19)27(31,32)33/h3-6,9-12,16,23,25H,7-8H2,1-2H3/b21-12-. The highest BCUT2D eigenvalue weighted by atomic mass is 19.4. The van der Waals surface area contributed by atoms with Crippen molar-refractivity contribution in [1.29, 1.82) is 0 Å². The molecule has 1 heterocycles. The minimum atomic E-state index is -5.07. The van der Waals surface area contributed by atoms with Gasteiger partial charge in [0.25, 0.3) is 5.91 Å². The number of Topliss-reactive ketones (excluding diaryl/α,β-unsaturated/α-hetero) is 1. The minimum absolute atomic E-state index is 0.00387. The van der Waals surface area contributed by atoms with Crippen LogP contribution in [-0.4, -0.2) is 17.9 Å². The van der Waals surface area contributed by atoms with E-state index in [-0.39, 0.29) is 29.3 Å². The Balaban J connectivity index is 1.54. The topological polar surface area (TPSA) is 46.6 Å². The zero-order valence-electron chi connectivity index (χ0n) is 19.7. The molecule has 5 rings (SSSR count). The number of allylic oxidation sites excluding steroid dienone is 1. The largest absolute Gasteiger partial charge is 0.473 e. The monoisotopic (exact) mass is 521 g/mol. The van der Waals surface area contributed by atoms with Crippen molar-refractivity contribution in [3.05, 3.63) is 87.7 Å². The summed E-state index contributed by atoms with van der Waals surface area (Å²) >= 11 is 0. The molecule has 1 fully saturated rings. The van der Waals surface area contributed by atoms with Crippen LogP contribution in [0.15, 0.2) is 65.4 Å². The molecule has 10 heteroatoms. The van der Waals surface area contributed by atoms with E-state index < -0.39 is 41.3 Å². The first-order valence-electron chi connectivity index (χ1n) is 11.5. The third-order valence-corrected chi connectivity index (χ3v) is 7.36. The summed E-state index contributed by atoms with van der Waals surface area (Å²) in [4.78, 5) is 26.5. The molecule has 1 aliphatic heterocycles. The van der Waals surface area contributed by atoms with Gasteiger partial charge in [-0.25, -0.2) is 0 Å². The highest BCUT2D eigenvalue weighted by Crippen LogP contribution is 2.50. The number of ether oxygens (including phenoxy) is 1. The molecule has 1 saturated carbocycles. The van der Waals surface area contributed by atoms with E-state index in [9.17, 15) is 35.9 Å². The number of rotatable bonds is 3. The van der Waals surface area contributed by atoms with Crippen LogP contribution in [0.4, 0.5) is 32.0 Å². The van der Waals surface area contributed by atoms with Gasteiger partial charge < -0.3 is 4.74 Å². The van der Waals surface area contributed by atoms with E-state index in [4.69, 9.17) is 4.74 Å². The van der Waals surface area contributed by atoms with Crippen LogP contribution in [0, 0.1) is 5.92 Å². The van der Waals surface area contributed by atoms with Gasteiger partial charge >= 0.3 is 12.4 Å². The first-order valence-corrected chi connectivity index (χ1v) is 11.5. The number of amides is 1. The summed E-state index contributed by atoms with van der Waals surface area (Å²) in [5, 5.41) is 0. The average molecular weight is 521 g/mol. The van der Waals surface area contributed by atoms with Crippen LogP contribution in [0.2, 0.25) is 0 Å². The van der Waals surface area contributed by atoms with Crippen LogP contribution >= 0.6 is 0 Å². The Hall–Kier alpha value is -3.56. The Bertz CT molecular complexity index is 1340. The number of ketones is 1. The summed E-state index contributed by atoms with van der Waals surface area (Å²) in [6, 6.07) is 8.67. The van der Waals surface area contributed by atoms with E-state index in [1.165, 1.54) is 20.1 Å². The van der Waals surface area contributed by atoms with Gasteiger partial charge in [-0.2, -0.15) is 26.3 Å². The minimum Gasteiger partial charge on any atom is -0.473 e. The van der Waals surface area contributed by atoms with Crippen LogP contribution < -0.4 is 4.90 Å². The Kier molecular flexibility index (Phi) is 5.76. The predicted molar refractivity (Wildman–Crippen MR) is 121 cm³/mol. The number of halogens is 6. The molecule has 0 aromatic heterocycles. The maximum atomic E-state index is 13.5. The first-order chi connectivity index (χ1) is 17.3. The lowest BCUT2D eigenvalue weighted by Crippen LogP contribution is -2.37. The fraction of sp³-hybridized carbons (Fsp3) is 0.333. The lowest BCUT2D eigenvalue weighted by Gasteiger charge is -2.27. The van der Waals surface area contributed by atoms with Gasteiger partial charge in [0.2, 0.25) is 6.23 Å². The van der Waals surface area contributed by atoms with Crippen molar-refractivity contribution in [2.75, 3.05) is 4.90 Å². The third kappa shape index (κ3) is 4.22. The van der Waals surface area contributed by atoms with Gasteiger partial charge in [0, 0.05) is 29.2 Å². The maximum Gasteiger partial charge on any atom is 0.416 e. The van der Waals surface area contributed by atoms with Crippen molar-refractivity contribution in [2.24, 2.45) is 5.92 Å². The second kappa shape index (κ2) is 8.49. The Morgan fingerprint density at radius 1 is 0.919 bits per heavy atom. The Morgan fingerprint density at radius 3 is 2.16 bits per heavy atom. The molecule has 0 spiro atoms. The van der Waals surface area contributed by atoms with Crippen molar-refractivity contribution in [1.82, 2.24) is 0 Å². The molecule has 1 amide bonds. The molecular weight excluding hydrogens is 500 g/mol. The van der Waals surface area contributed by atoms with Crippen molar-refractivity contribution in [3.8, 4) is 0 Å². The number of anilines is 1. The second-order valence-corrected chi connectivity index (χ2v) is 9.58. The number of fused-ring (bicyclic) bond motifs is 3. The van der Waals surface area contributed by atoms with Crippen molar-refractivity contribution in [2.45, 2.75) is 51.2 Å². The average Bonchev–Trinajstić information content (AvgIpc) is 3.40. The van der Waals surface area contributed by atoms with Gasteiger partial charge in [-0.05, 0) is 61.1 Å². The number of benzene rings is 2. The molecule has 0 radical (unpaired) electrons. The highest BCUT2D eigenvalue weighted by molar-refractivity contribution is 6.09. The molecule has 0 N–H and O–H groups in total. The fourth-order valence-corrected chi connectivity index (χ4v) is 5.42. The summed E-state index contributed by atoms with van der Waals surface area (Å²) in [6.07, 6.45) is -9.21. The number of carbonyl (C=O) groups excluding carboxylic acids is 2. The number of hydrogen-bond acceptors (Lipinski definition) is 3. The van der Waals surface area contributed by atoms with Gasteiger partial charge in [-0.1, -0.05) is 24.3 Å². The molecule has 2 aliphatic carbocycles. The second-order valence-electron chi connectivity index (χ2n) is 9.58. The number of nitrogens with zero attached hydrogens (tertiary/aromatic N) is 1. The molecule has 4 nitrogen and oxygen atoms in total. The van der Waals surface area contributed by atoms with Crippen LogP contribution in [0.3, 0.4) is 0 Å². The molecular formula is C27H21F6NO3. The van der Waals surface area contributed by atoms with Crippen LogP contribution in [0.1, 0.15) is 48.4 Å². The van der Waals surface area contributed by atoms with E-state index in [0.29, 0.717) is 29.7 Å². The molecule has 2 aromatic carbocycles. The van der Waals surface area contributed by atoms with Gasteiger partial charge in [0.1, 0.15) is 0 Å². The molecule has 3 aliphatic rings. The van der Waals surface area contributed by atoms with E-state index in [2.05, 4.69) is 0 Å². The fourth-order valence-electron chi connectivity index (χ4n) is 5.42. The number of alkyl halides is 6. The highest BCUT2D eigenvalue weighted by Gasteiger charge is 2.45. The summed E-state index contributed by atoms with van der Waals surface area (Å²) in [7, 11) is 0. The summed E-state index contributed by atoms with van der Waals surface area (Å²) in [6.45, 7) is 2.93. The number of carbonyl (C=O) groups is 2. The number of hydrogen-bond donors (Lipinski definition) is 0. The van der Waals surface area contributed by atoms with E-state index in [1.54, 1.807) is 0 Å². The van der Waals surface area contributed by atoms with Crippen molar-refractivity contribution in [3.63, 3.8) is 0 Å². The van der Waals surface area contributed by atoms with Crippen molar-refractivity contribution >= 4 is 17.4 Å². The quantitative estimate of drug-likeness (QED) is 0.261. The predicted octanol–water partition coefficient (Wildman–Crippen LogP) is 6.56. The lowest BCUT2D eigenvalue weighted by molar-refractivity contribution is -0.143. The summed E-state index contributed by atoms with van der Waals surface area (Å²) in [5.41, 5.74) is -0.749. The third-order valence-electron chi connectivity index (χ3n) is 7.36. The van der Waals surface area contributed by atoms with Crippen molar-refractivity contribution < 1.29 is 40.7 Å². The van der Waals surface area contributed by atoms with E-state index in [1.807, 2.05) is 24.3 Å². The molecule has 3 atom stereocenters. The van der Waals surface area contributed by atoms with Crippen LogP contribution in [0.25, 0.3) is 0 Å². The molecule has 2 aromatic rings. The van der Waals surface area contributed by atoms with Gasteiger partial charge in [-0.15, -0.1) is 0 Å². The van der Waals surface area contributed by atoms with E-state index >= 15 is 0 Å². The molecule has 0 bridgehead atoms. The maximum absolute atomic E-state index is 13.5. The van der Waals surface area contributed by atoms with Gasteiger partial charge in [-0.3, -0.25) is 14.5 Å². The normalized spacial score (nSPS) is 24.8. The van der Waals surface area contributed by atoms with Crippen LogP contribution in [0.5, 0.6) is 0 Å². The zero-order valence-corrected chi connectivity index (χ0v) is 19.7. The smallest absolute Gasteiger partial charge is 0.416 e. The Morgan fingerprint density at radius 2 is 1.54 bits per heavy atom. The zero-order chi connectivity index (χ0) is 26.9. The first kappa shape index (κ1) is 25.1. The van der Waals surface area contributed by atoms with Gasteiger partial charge in [0.05, 0.1) is 17.4 Å². The van der Waals surface area contributed by atoms with E-state index in [0.717, 1.165) is 22.4 Å². The van der Waals surface area contributed by atoms with Gasteiger partial charge in [0.15, 0.2) is 5.78 Å². The molecule has 194 valence electrons.